The molecular formula is C14H21NO4. The Hall–Kier alpha value is -1.75. The second-order valence-corrected chi connectivity index (χ2v) is 4.31. The number of carbonyl (C=O) groups is 1. The number of carbonyl (C=O) groups excluding carboxylic acids is 1. The first-order chi connectivity index (χ1) is 9.07. The molecule has 0 heterocycles. The van der Waals surface area contributed by atoms with Crippen LogP contribution in [0, 0.1) is 0 Å². The van der Waals surface area contributed by atoms with E-state index in [2.05, 4.69) is 5.32 Å². The Morgan fingerprint density at radius 1 is 1.32 bits per heavy atom. The minimum absolute atomic E-state index is 0.198. The molecule has 0 saturated heterocycles. The van der Waals surface area contributed by atoms with Crippen LogP contribution >= 0.6 is 0 Å². The maximum absolute atomic E-state index is 12.1. The highest BCUT2D eigenvalue weighted by Gasteiger charge is 2.35. The second-order valence-electron chi connectivity index (χ2n) is 4.31. The van der Waals surface area contributed by atoms with Crippen molar-refractivity contribution in [3.05, 3.63) is 24.3 Å². The summed E-state index contributed by atoms with van der Waals surface area (Å²) in [6.45, 7) is 4.03. The number of anilines is 1. The molecule has 0 aliphatic carbocycles. The number of benzene rings is 1. The van der Waals surface area contributed by atoms with Gasteiger partial charge in [-0.15, -0.1) is 0 Å². The van der Waals surface area contributed by atoms with E-state index in [0.29, 0.717) is 12.4 Å². The van der Waals surface area contributed by atoms with Crippen molar-refractivity contribution in [2.24, 2.45) is 0 Å². The number of esters is 1. The van der Waals surface area contributed by atoms with Crippen molar-refractivity contribution in [2.75, 3.05) is 32.8 Å². The van der Waals surface area contributed by atoms with Gasteiger partial charge in [0.2, 0.25) is 0 Å². The monoisotopic (exact) mass is 267 g/mol. The van der Waals surface area contributed by atoms with Crippen LogP contribution in [0.15, 0.2) is 24.3 Å². The lowest BCUT2D eigenvalue weighted by atomic mass is 10.0. The molecule has 0 aliphatic heterocycles. The van der Waals surface area contributed by atoms with Crippen LogP contribution in [0.1, 0.15) is 13.8 Å². The summed E-state index contributed by atoms with van der Waals surface area (Å²) in [7, 11) is 3.12. The van der Waals surface area contributed by atoms with Crippen molar-refractivity contribution >= 4 is 11.7 Å². The third kappa shape index (κ3) is 3.86. The number of hydrogen-bond donors (Lipinski definition) is 1. The fourth-order valence-corrected chi connectivity index (χ4v) is 1.77. The summed E-state index contributed by atoms with van der Waals surface area (Å²) in [6, 6.07) is 7.39. The topological polar surface area (TPSA) is 56.8 Å². The molecule has 0 bridgehead atoms. The number of methoxy groups -OCH3 is 2. The Labute approximate surface area is 113 Å². The quantitative estimate of drug-likeness (QED) is 0.766. The summed E-state index contributed by atoms with van der Waals surface area (Å²) in [5.41, 5.74) is -0.239. The van der Waals surface area contributed by atoms with Gasteiger partial charge in [-0.05, 0) is 26.0 Å². The zero-order chi connectivity index (χ0) is 14.3. The molecule has 0 fully saturated rings. The number of ether oxygens (including phenoxy) is 3. The van der Waals surface area contributed by atoms with E-state index in [1.165, 1.54) is 0 Å². The number of rotatable bonds is 7. The Kier molecular flexibility index (Phi) is 5.63. The van der Waals surface area contributed by atoms with E-state index in [1.54, 1.807) is 28.1 Å². The van der Waals surface area contributed by atoms with Gasteiger partial charge in [-0.2, -0.15) is 0 Å². The normalized spacial score (nSPS) is 13.5. The summed E-state index contributed by atoms with van der Waals surface area (Å²) in [4.78, 5) is 12.1. The molecule has 1 atom stereocenters. The van der Waals surface area contributed by atoms with Crippen LogP contribution in [0.25, 0.3) is 0 Å². The largest absolute Gasteiger partial charge is 0.495 e. The zero-order valence-electron chi connectivity index (χ0n) is 11.9. The summed E-state index contributed by atoms with van der Waals surface area (Å²) in [6.07, 6.45) is 0. The Bertz CT molecular complexity index is 422. The van der Waals surface area contributed by atoms with Gasteiger partial charge in [0.15, 0.2) is 5.54 Å². The van der Waals surface area contributed by atoms with Crippen molar-refractivity contribution in [3.8, 4) is 5.75 Å². The van der Waals surface area contributed by atoms with E-state index in [1.807, 2.05) is 24.3 Å². The molecule has 5 nitrogen and oxygen atoms in total. The lowest BCUT2D eigenvalue weighted by Crippen LogP contribution is -2.48. The third-order valence-electron chi connectivity index (χ3n) is 2.68. The van der Waals surface area contributed by atoms with Gasteiger partial charge in [0.25, 0.3) is 0 Å². The lowest BCUT2D eigenvalue weighted by molar-refractivity contribution is -0.149. The van der Waals surface area contributed by atoms with Crippen LogP contribution < -0.4 is 10.1 Å². The fraction of sp³-hybridized carbons (Fsp3) is 0.500. The van der Waals surface area contributed by atoms with Gasteiger partial charge in [0, 0.05) is 7.11 Å². The van der Waals surface area contributed by atoms with Gasteiger partial charge in [-0.1, -0.05) is 12.1 Å². The molecule has 0 radical (unpaired) electrons. The van der Waals surface area contributed by atoms with E-state index in [4.69, 9.17) is 14.2 Å². The van der Waals surface area contributed by atoms with Gasteiger partial charge in [0.1, 0.15) is 5.75 Å². The van der Waals surface area contributed by atoms with Gasteiger partial charge in [-0.25, -0.2) is 4.79 Å². The van der Waals surface area contributed by atoms with Crippen LogP contribution in [0.2, 0.25) is 0 Å². The highest BCUT2D eigenvalue weighted by Crippen LogP contribution is 2.27. The van der Waals surface area contributed by atoms with E-state index >= 15 is 0 Å². The van der Waals surface area contributed by atoms with Crippen LogP contribution in [-0.2, 0) is 14.3 Å². The molecule has 1 aromatic carbocycles. The Balaban J connectivity index is 2.97. The maximum Gasteiger partial charge on any atom is 0.333 e. The van der Waals surface area contributed by atoms with Crippen molar-refractivity contribution in [1.82, 2.24) is 0 Å². The molecule has 0 amide bonds. The van der Waals surface area contributed by atoms with E-state index in [9.17, 15) is 4.79 Å². The minimum atomic E-state index is -0.959. The predicted octanol–water partition coefficient (Wildman–Crippen LogP) is 2.08. The number of para-hydroxylation sites is 2. The number of nitrogens with one attached hydrogen (secondary N) is 1. The van der Waals surface area contributed by atoms with Crippen LogP contribution in [0.4, 0.5) is 5.69 Å². The SMILES string of the molecule is CCOC(=O)C(C)(COC)Nc1ccccc1OC. The molecule has 0 aliphatic rings. The summed E-state index contributed by atoms with van der Waals surface area (Å²) in [5.74, 6) is 0.303. The molecular weight excluding hydrogens is 246 g/mol. The smallest absolute Gasteiger partial charge is 0.333 e. The van der Waals surface area contributed by atoms with Crippen LogP contribution in [0.3, 0.4) is 0 Å². The van der Waals surface area contributed by atoms with Crippen molar-refractivity contribution < 1.29 is 19.0 Å². The summed E-state index contributed by atoms with van der Waals surface area (Å²) < 4.78 is 15.5. The first kappa shape index (κ1) is 15.3. The van der Waals surface area contributed by atoms with Crippen molar-refractivity contribution in [3.63, 3.8) is 0 Å². The van der Waals surface area contributed by atoms with Gasteiger partial charge in [0.05, 0.1) is 26.0 Å². The van der Waals surface area contributed by atoms with E-state index < -0.39 is 5.54 Å². The lowest BCUT2D eigenvalue weighted by Gasteiger charge is -2.29. The third-order valence-corrected chi connectivity index (χ3v) is 2.68. The molecule has 1 N–H and O–H groups in total. The minimum Gasteiger partial charge on any atom is -0.495 e. The zero-order valence-corrected chi connectivity index (χ0v) is 11.9. The van der Waals surface area contributed by atoms with Crippen LogP contribution in [-0.4, -0.2) is 38.9 Å². The molecule has 106 valence electrons. The second kappa shape index (κ2) is 6.99. The first-order valence-corrected chi connectivity index (χ1v) is 6.14. The molecule has 5 heteroatoms. The Morgan fingerprint density at radius 3 is 2.58 bits per heavy atom. The molecule has 1 aromatic rings. The van der Waals surface area contributed by atoms with Gasteiger partial charge < -0.3 is 19.5 Å². The summed E-state index contributed by atoms with van der Waals surface area (Å²) in [5, 5.41) is 3.14. The van der Waals surface area contributed by atoms with Crippen molar-refractivity contribution in [1.29, 1.82) is 0 Å². The standard InChI is InChI=1S/C14H21NO4/c1-5-19-13(16)14(2,10-17-3)15-11-8-6-7-9-12(11)18-4/h6-9,15H,5,10H2,1-4H3. The van der Waals surface area contributed by atoms with Crippen molar-refractivity contribution in [2.45, 2.75) is 19.4 Å². The van der Waals surface area contributed by atoms with Gasteiger partial charge in [-0.3, -0.25) is 0 Å². The average molecular weight is 267 g/mol. The van der Waals surface area contributed by atoms with Gasteiger partial charge >= 0.3 is 5.97 Å². The molecule has 1 unspecified atom stereocenters. The number of hydrogen-bond acceptors (Lipinski definition) is 5. The van der Waals surface area contributed by atoms with E-state index in [-0.39, 0.29) is 12.6 Å². The Morgan fingerprint density at radius 2 is 2.00 bits per heavy atom. The predicted molar refractivity (Wildman–Crippen MR) is 73.5 cm³/mol. The summed E-state index contributed by atoms with van der Waals surface area (Å²) >= 11 is 0. The van der Waals surface area contributed by atoms with E-state index in [0.717, 1.165) is 5.69 Å². The highest BCUT2D eigenvalue weighted by molar-refractivity contribution is 5.85. The molecule has 19 heavy (non-hydrogen) atoms. The average Bonchev–Trinajstić information content (AvgIpc) is 2.40. The molecule has 0 spiro atoms. The maximum atomic E-state index is 12.1. The fourth-order valence-electron chi connectivity index (χ4n) is 1.77. The highest BCUT2D eigenvalue weighted by atomic mass is 16.5. The first-order valence-electron chi connectivity index (χ1n) is 6.14. The molecule has 1 rings (SSSR count). The molecule has 0 aromatic heterocycles. The molecule has 0 saturated carbocycles. The van der Waals surface area contributed by atoms with Crippen LogP contribution in [0.5, 0.6) is 5.75 Å².